The lowest BCUT2D eigenvalue weighted by molar-refractivity contribution is 0.167. The van der Waals surface area contributed by atoms with Crippen molar-refractivity contribution < 1.29 is 5.11 Å². The standard InChI is InChI=1S/C15H29OP/c1-15(2,16)17(13-9-5-3-6-10-13)14-11-7-4-8-12-14/h13-14,16H,3-12H2,1-2H3. The van der Waals surface area contributed by atoms with Crippen molar-refractivity contribution in [2.45, 2.75) is 94.7 Å². The fraction of sp³-hybridized carbons (Fsp3) is 1.00. The predicted molar refractivity (Wildman–Crippen MR) is 77.0 cm³/mol. The summed E-state index contributed by atoms with van der Waals surface area (Å²) < 4.78 is 0. The highest BCUT2D eigenvalue weighted by molar-refractivity contribution is 7.60. The van der Waals surface area contributed by atoms with E-state index in [0.717, 1.165) is 11.3 Å². The van der Waals surface area contributed by atoms with Crippen LogP contribution in [0.4, 0.5) is 0 Å². The van der Waals surface area contributed by atoms with Crippen LogP contribution in [0.15, 0.2) is 0 Å². The molecule has 0 atom stereocenters. The summed E-state index contributed by atoms with van der Waals surface area (Å²) in [7, 11) is -0.182. The van der Waals surface area contributed by atoms with Gasteiger partial charge in [-0.25, -0.2) is 0 Å². The lowest BCUT2D eigenvalue weighted by Crippen LogP contribution is -2.32. The van der Waals surface area contributed by atoms with Crippen LogP contribution < -0.4 is 0 Å². The largest absolute Gasteiger partial charge is 0.386 e. The van der Waals surface area contributed by atoms with E-state index in [9.17, 15) is 5.11 Å². The predicted octanol–water partition coefficient (Wildman–Crippen LogP) is 4.86. The van der Waals surface area contributed by atoms with E-state index in [1.54, 1.807) is 0 Å². The Morgan fingerprint density at radius 1 is 0.765 bits per heavy atom. The van der Waals surface area contributed by atoms with E-state index in [4.69, 9.17) is 0 Å². The SMILES string of the molecule is CC(C)(O)P(C1CCCCC1)C1CCCCC1. The van der Waals surface area contributed by atoms with E-state index >= 15 is 0 Å². The second kappa shape index (κ2) is 6.02. The normalized spacial score (nSPS) is 25.4. The zero-order chi connectivity index (χ0) is 12.3. The average molecular weight is 256 g/mol. The molecule has 1 nitrogen and oxygen atoms in total. The first-order chi connectivity index (χ1) is 8.09. The molecule has 2 heteroatoms. The summed E-state index contributed by atoms with van der Waals surface area (Å²) in [6, 6.07) is 0. The van der Waals surface area contributed by atoms with E-state index in [0.29, 0.717) is 0 Å². The summed E-state index contributed by atoms with van der Waals surface area (Å²) >= 11 is 0. The summed E-state index contributed by atoms with van der Waals surface area (Å²) in [5, 5.41) is 10.2. The van der Waals surface area contributed by atoms with E-state index in [-0.39, 0.29) is 7.92 Å². The van der Waals surface area contributed by atoms with Crippen LogP contribution in [0.5, 0.6) is 0 Å². The van der Waals surface area contributed by atoms with E-state index in [1.165, 1.54) is 64.2 Å². The van der Waals surface area contributed by atoms with Crippen LogP contribution in [0.25, 0.3) is 0 Å². The van der Waals surface area contributed by atoms with Crippen molar-refractivity contribution in [1.82, 2.24) is 0 Å². The third kappa shape index (κ3) is 3.67. The molecule has 100 valence electrons. The fourth-order valence-corrected chi connectivity index (χ4v) is 8.14. The van der Waals surface area contributed by atoms with Gasteiger partial charge < -0.3 is 5.11 Å². The molecule has 2 aliphatic rings. The number of aliphatic hydroxyl groups is 1. The zero-order valence-corrected chi connectivity index (χ0v) is 12.5. The smallest absolute Gasteiger partial charge is 0.0784 e. The molecular formula is C15H29OP. The van der Waals surface area contributed by atoms with Crippen molar-refractivity contribution in [2.75, 3.05) is 0 Å². The maximum atomic E-state index is 10.6. The Labute approximate surface area is 108 Å². The number of rotatable bonds is 3. The third-order valence-electron chi connectivity index (χ3n) is 4.57. The minimum atomic E-state index is -0.403. The van der Waals surface area contributed by atoms with Crippen molar-refractivity contribution in [3.05, 3.63) is 0 Å². The van der Waals surface area contributed by atoms with Gasteiger partial charge in [0.15, 0.2) is 0 Å². The van der Waals surface area contributed by atoms with Gasteiger partial charge in [-0.2, -0.15) is 0 Å². The Morgan fingerprint density at radius 2 is 1.12 bits per heavy atom. The minimum absolute atomic E-state index is 0.182. The van der Waals surface area contributed by atoms with Gasteiger partial charge >= 0.3 is 0 Å². The quantitative estimate of drug-likeness (QED) is 0.715. The van der Waals surface area contributed by atoms with Gasteiger partial charge in [0.2, 0.25) is 0 Å². The van der Waals surface area contributed by atoms with Crippen LogP contribution in [0.3, 0.4) is 0 Å². The van der Waals surface area contributed by atoms with Crippen LogP contribution in [0.1, 0.15) is 78.1 Å². The first kappa shape index (κ1) is 13.8. The molecule has 0 aliphatic heterocycles. The second-order valence-corrected chi connectivity index (χ2v) is 9.85. The van der Waals surface area contributed by atoms with Gasteiger partial charge in [0.05, 0.1) is 5.34 Å². The van der Waals surface area contributed by atoms with Crippen LogP contribution in [-0.2, 0) is 0 Å². The third-order valence-corrected chi connectivity index (χ3v) is 8.44. The maximum Gasteiger partial charge on any atom is 0.0784 e. The molecule has 0 aromatic rings. The van der Waals surface area contributed by atoms with Crippen LogP contribution in [0, 0.1) is 0 Å². The first-order valence-electron chi connectivity index (χ1n) is 7.60. The van der Waals surface area contributed by atoms with Gasteiger partial charge in [0.1, 0.15) is 0 Å². The summed E-state index contributed by atoms with van der Waals surface area (Å²) in [5.74, 6) is 0. The average Bonchev–Trinajstić information content (AvgIpc) is 2.30. The maximum absolute atomic E-state index is 10.6. The molecule has 0 aromatic heterocycles. The van der Waals surface area contributed by atoms with Crippen molar-refractivity contribution >= 4 is 7.92 Å². The summed E-state index contributed by atoms with van der Waals surface area (Å²) in [6.07, 6.45) is 14.1. The van der Waals surface area contributed by atoms with Crippen molar-refractivity contribution in [3.63, 3.8) is 0 Å². The minimum Gasteiger partial charge on any atom is -0.386 e. The lowest BCUT2D eigenvalue weighted by Gasteiger charge is -2.44. The van der Waals surface area contributed by atoms with Crippen molar-refractivity contribution in [2.24, 2.45) is 0 Å². The number of hydrogen-bond acceptors (Lipinski definition) is 1. The van der Waals surface area contributed by atoms with Crippen molar-refractivity contribution in [3.8, 4) is 0 Å². The van der Waals surface area contributed by atoms with Crippen LogP contribution in [-0.4, -0.2) is 21.8 Å². The Balaban J connectivity index is 2.06. The molecule has 2 rings (SSSR count). The highest BCUT2D eigenvalue weighted by Gasteiger charge is 2.39. The zero-order valence-electron chi connectivity index (χ0n) is 11.6. The summed E-state index contributed by atoms with van der Waals surface area (Å²) in [5.41, 5.74) is 1.73. The van der Waals surface area contributed by atoms with Gasteiger partial charge in [-0.15, -0.1) is 0 Å². The van der Waals surface area contributed by atoms with Crippen LogP contribution >= 0.6 is 7.92 Å². The molecule has 2 saturated carbocycles. The van der Waals surface area contributed by atoms with E-state index in [2.05, 4.69) is 13.8 Å². The first-order valence-corrected chi connectivity index (χ1v) is 9.08. The molecule has 0 spiro atoms. The summed E-state index contributed by atoms with van der Waals surface area (Å²) in [6.45, 7) is 4.17. The Morgan fingerprint density at radius 3 is 1.41 bits per heavy atom. The molecule has 1 N–H and O–H groups in total. The highest BCUT2D eigenvalue weighted by atomic mass is 31.1. The Hall–Kier alpha value is 0.390. The molecule has 0 radical (unpaired) electrons. The monoisotopic (exact) mass is 256 g/mol. The number of hydrogen-bond donors (Lipinski definition) is 1. The Kier molecular flexibility index (Phi) is 4.89. The lowest BCUT2D eigenvalue weighted by atomic mass is 9.99. The molecule has 0 aromatic carbocycles. The molecule has 0 saturated heterocycles. The van der Waals surface area contributed by atoms with E-state index in [1.807, 2.05) is 0 Å². The highest BCUT2D eigenvalue weighted by Crippen LogP contribution is 2.62. The fourth-order valence-electron chi connectivity index (χ4n) is 3.91. The molecule has 0 bridgehead atoms. The molecule has 0 amide bonds. The molecule has 2 fully saturated rings. The second-order valence-electron chi connectivity index (χ2n) is 6.49. The van der Waals surface area contributed by atoms with Gasteiger partial charge in [0.25, 0.3) is 0 Å². The van der Waals surface area contributed by atoms with Gasteiger partial charge in [0, 0.05) is 0 Å². The Bertz CT molecular complexity index is 204. The molecule has 0 unspecified atom stereocenters. The van der Waals surface area contributed by atoms with Crippen LogP contribution in [0.2, 0.25) is 0 Å². The van der Waals surface area contributed by atoms with Gasteiger partial charge in [-0.05, 0) is 50.8 Å². The topological polar surface area (TPSA) is 20.2 Å². The molecule has 0 heterocycles. The van der Waals surface area contributed by atoms with Crippen molar-refractivity contribution in [1.29, 1.82) is 0 Å². The molecule has 17 heavy (non-hydrogen) atoms. The van der Waals surface area contributed by atoms with E-state index < -0.39 is 5.34 Å². The molecule has 2 aliphatic carbocycles. The van der Waals surface area contributed by atoms with Gasteiger partial charge in [-0.3, -0.25) is 0 Å². The van der Waals surface area contributed by atoms with Gasteiger partial charge in [-0.1, -0.05) is 46.4 Å². The summed E-state index contributed by atoms with van der Waals surface area (Å²) in [4.78, 5) is 0. The molecular weight excluding hydrogens is 227 g/mol.